The average molecular weight is 425 g/mol. The van der Waals surface area contributed by atoms with E-state index in [-0.39, 0.29) is 24.2 Å². The van der Waals surface area contributed by atoms with Gasteiger partial charge in [0.15, 0.2) is 0 Å². The first-order valence-electron chi connectivity index (χ1n) is 9.55. The van der Waals surface area contributed by atoms with Crippen molar-refractivity contribution in [2.75, 3.05) is 5.32 Å². The van der Waals surface area contributed by atoms with Crippen LogP contribution in [-0.4, -0.2) is 21.6 Å². The summed E-state index contributed by atoms with van der Waals surface area (Å²) in [6, 6.07) is 13.3. The SMILES string of the molecule is Cc1ccccc1C(=O)Nc1c2c(nn1CC(=O)NCc1ccc(F)cc1)CSC2. The molecule has 2 amide bonds. The first-order valence-corrected chi connectivity index (χ1v) is 10.7. The van der Waals surface area contributed by atoms with Crippen LogP contribution in [0.5, 0.6) is 0 Å². The molecule has 1 aliphatic rings. The zero-order valence-corrected chi connectivity index (χ0v) is 17.3. The van der Waals surface area contributed by atoms with E-state index in [9.17, 15) is 14.0 Å². The lowest BCUT2D eigenvalue weighted by Gasteiger charge is -2.12. The maximum Gasteiger partial charge on any atom is 0.257 e. The van der Waals surface area contributed by atoms with Crippen molar-refractivity contribution in [1.82, 2.24) is 15.1 Å². The number of halogens is 1. The monoisotopic (exact) mass is 424 g/mol. The van der Waals surface area contributed by atoms with Gasteiger partial charge in [-0.1, -0.05) is 30.3 Å². The number of benzene rings is 2. The number of anilines is 1. The van der Waals surface area contributed by atoms with Crippen molar-refractivity contribution in [2.24, 2.45) is 0 Å². The average Bonchev–Trinajstić information content (AvgIpc) is 3.30. The van der Waals surface area contributed by atoms with Crippen molar-refractivity contribution in [2.45, 2.75) is 31.5 Å². The van der Waals surface area contributed by atoms with Crippen molar-refractivity contribution in [3.05, 3.63) is 82.3 Å². The van der Waals surface area contributed by atoms with Gasteiger partial charge >= 0.3 is 0 Å². The summed E-state index contributed by atoms with van der Waals surface area (Å²) in [6.45, 7) is 2.17. The molecule has 1 aromatic heterocycles. The normalized spacial score (nSPS) is 12.5. The number of nitrogens with zero attached hydrogens (tertiary/aromatic N) is 2. The summed E-state index contributed by atoms with van der Waals surface area (Å²) in [7, 11) is 0. The van der Waals surface area contributed by atoms with E-state index in [0.29, 0.717) is 17.9 Å². The summed E-state index contributed by atoms with van der Waals surface area (Å²) in [5.41, 5.74) is 4.13. The van der Waals surface area contributed by atoms with Crippen molar-refractivity contribution < 1.29 is 14.0 Å². The van der Waals surface area contributed by atoms with Gasteiger partial charge in [-0.3, -0.25) is 9.59 Å². The van der Waals surface area contributed by atoms with Gasteiger partial charge in [-0.05, 0) is 36.2 Å². The number of carbonyl (C=O) groups is 2. The van der Waals surface area contributed by atoms with Crippen LogP contribution < -0.4 is 10.6 Å². The molecule has 0 saturated carbocycles. The second kappa shape index (κ2) is 8.71. The van der Waals surface area contributed by atoms with E-state index in [1.807, 2.05) is 25.1 Å². The van der Waals surface area contributed by atoms with Crippen LogP contribution in [0, 0.1) is 12.7 Å². The highest BCUT2D eigenvalue weighted by Crippen LogP contribution is 2.35. The lowest BCUT2D eigenvalue weighted by Crippen LogP contribution is -2.29. The molecule has 6 nitrogen and oxygen atoms in total. The molecule has 4 rings (SSSR count). The number of aromatic nitrogens is 2. The highest BCUT2D eigenvalue weighted by Gasteiger charge is 2.25. The van der Waals surface area contributed by atoms with Gasteiger partial charge in [-0.15, -0.1) is 0 Å². The first kappa shape index (κ1) is 20.2. The number of nitrogens with one attached hydrogen (secondary N) is 2. The molecule has 0 aliphatic carbocycles. The fourth-order valence-corrected chi connectivity index (χ4v) is 4.35. The van der Waals surface area contributed by atoms with Crippen LogP contribution in [0.4, 0.5) is 10.2 Å². The minimum atomic E-state index is -0.317. The van der Waals surface area contributed by atoms with Crippen molar-refractivity contribution in [1.29, 1.82) is 0 Å². The van der Waals surface area contributed by atoms with E-state index < -0.39 is 0 Å². The number of carbonyl (C=O) groups excluding carboxylic acids is 2. The Labute approximate surface area is 177 Å². The van der Waals surface area contributed by atoms with Crippen LogP contribution in [0.3, 0.4) is 0 Å². The van der Waals surface area contributed by atoms with Gasteiger partial charge in [0.25, 0.3) is 5.91 Å². The van der Waals surface area contributed by atoms with Crippen LogP contribution >= 0.6 is 11.8 Å². The molecule has 2 aromatic carbocycles. The molecule has 154 valence electrons. The molecule has 30 heavy (non-hydrogen) atoms. The maximum absolute atomic E-state index is 13.0. The van der Waals surface area contributed by atoms with Crippen LogP contribution in [0.25, 0.3) is 0 Å². The van der Waals surface area contributed by atoms with Gasteiger partial charge in [-0.25, -0.2) is 9.07 Å². The van der Waals surface area contributed by atoms with E-state index in [0.717, 1.165) is 33.9 Å². The summed E-state index contributed by atoms with van der Waals surface area (Å²) >= 11 is 1.73. The fourth-order valence-electron chi connectivity index (χ4n) is 3.32. The summed E-state index contributed by atoms with van der Waals surface area (Å²) in [5.74, 6) is 1.30. The zero-order valence-electron chi connectivity index (χ0n) is 16.4. The molecule has 0 unspecified atom stereocenters. The highest BCUT2D eigenvalue weighted by atomic mass is 32.2. The fraction of sp³-hybridized carbons (Fsp3) is 0.227. The molecule has 8 heteroatoms. The molecule has 0 atom stereocenters. The van der Waals surface area contributed by atoms with E-state index in [1.165, 1.54) is 12.1 Å². The van der Waals surface area contributed by atoms with Gasteiger partial charge in [0.2, 0.25) is 5.91 Å². The number of thioether (sulfide) groups is 1. The Kier molecular flexibility index (Phi) is 5.85. The third-order valence-electron chi connectivity index (χ3n) is 4.94. The van der Waals surface area contributed by atoms with Crippen molar-refractivity contribution in [3.8, 4) is 0 Å². The van der Waals surface area contributed by atoms with E-state index in [2.05, 4.69) is 15.7 Å². The minimum Gasteiger partial charge on any atom is -0.350 e. The lowest BCUT2D eigenvalue weighted by atomic mass is 10.1. The van der Waals surface area contributed by atoms with E-state index in [4.69, 9.17) is 0 Å². The maximum atomic E-state index is 13.0. The summed E-state index contributed by atoms with van der Waals surface area (Å²) in [6.07, 6.45) is 0. The predicted octanol–water partition coefficient (Wildman–Crippen LogP) is 3.65. The Morgan fingerprint density at radius 2 is 1.90 bits per heavy atom. The zero-order chi connectivity index (χ0) is 21.1. The van der Waals surface area contributed by atoms with Gasteiger partial charge in [-0.2, -0.15) is 16.9 Å². The van der Waals surface area contributed by atoms with Gasteiger partial charge in [0.1, 0.15) is 18.2 Å². The Hall–Kier alpha value is -3.13. The quantitative estimate of drug-likeness (QED) is 0.633. The van der Waals surface area contributed by atoms with Gasteiger partial charge in [0, 0.05) is 29.2 Å². The Morgan fingerprint density at radius 1 is 1.13 bits per heavy atom. The van der Waals surface area contributed by atoms with Gasteiger partial charge < -0.3 is 10.6 Å². The number of hydrogen-bond donors (Lipinski definition) is 2. The Morgan fingerprint density at radius 3 is 2.67 bits per heavy atom. The summed E-state index contributed by atoms with van der Waals surface area (Å²) in [4.78, 5) is 25.3. The molecule has 0 fully saturated rings. The largest absolute Gasteiger partial charge is 0.350 e. The standard InChI is InChI=1S/C22H21FN4O2S/c1-14-4-2-3-5-17(14)22(29)25-21-18-12-30-13-19(18)26-27(21)11-20(28)24-10-15-6-8-16(23)9-7-15/h2-9H,10-13H2,1H3,(H,24,28)(H,25,29). The summed E-state index contributed by atoms with van der Waals surface area (Å²) < 4.78 is 14.6. The molecule has 0 radical (unpaired) electrons. The second-order valence-electron chi connectivity index (χ2n) is 7.10. The number of fused-ring (bicyclic) bond motifs is 1. The predicted molar refractivity (Wildman–Crippen MR) is 115 cm³/mol. The summed E-state index contributed by atoms with van der Waals surface area (Å²) in [5, 5.41) is 10.3. The van der Waals surface area contributed by atoms with Crippen molar-refractivity contribution in [3.63, 3.8) is 0 Å². The van der Waals surface area contributed by atoms with E-state index in [1.54, 1.807) is 34.6 Å². The molecular weight excluding hydrogens is 403 g/mol. The number of rotatable bonds is 6. The second-order valence-corrected chi connectivity index (χ2v) is 8.08. The van der Waals surface area contributed by atoms with E-state index >= 15 is 0 Å². The van der Waals surface area contributed by atoms with Crippen LogP contribution in [0.15, 0.2) is 48.5 Å². The third kappa shape index (κ3) is 4.38. The lowest BCUT2D eigenvalue weighted by molar-refractivity contribution is -0.122. The highest BCUT2D eigenvalue weighted by molar-refractivity contribution is 7.98. The number of amides is 2. The molecule has 0 bridgehead atoms. The van der Waals surface area contributed by atoms with Crippen LogP contribution in [0.2, 0.25) is 0 Å². The number of aryl methyl sites for hydroxylation is 1. The number of hydrogen-bond acceptors (Lipinski definition) is 4. The molecule has 2 N–H and O–H groups in total. The molecule has 0 spiro atoms. The topological polar surface area (TPSA) is 76.0 Å². The van der Waals surface area contributed by atoms with Crippen molar-refractivity contribution >= 4 is 29.4 Å². The molecular formula is C22H21FN4O2S. The Bertz CT molecular complexity index is 1100. The minimum absolute atomic E-state index is 0.0117. The Balaban J connectivity index is 1.48. The molecule has 3 aromatic rings. The smallest absolute Gasteiger partial charge is 0.257 e. The first-order chi connectivity index (χ1) is 14.5. The molecule has 0 saturated heterocycles. The third-order valence-corrected chi connectivity index (χ3v) is 5.91. The molecule has 1 aliphatic heterocycles. The van der Waals surface area contributed by atoms with Crippen LogP contribution in [-0.2, 0) is 29.4 Å². The van der Waals surface area contributed by atoms with Gasteiger partial charge in [0.05, 0.1) is 5.69 Å². The van der Waals surface area contributed by atoms with Crippen LogP contribution in [0.1, 0.15) is 32.7 Å². The molecule has 2 heterocycles.